The molecule has 0 aliphatic heterocycles. The molecule has 0 aliphatic carbocycles. The third-order valence-electron chi connectivity index (χ3n) is 3.22. The Morgan fingerprint density at radius 2 is 1.86 bits per heavy atom. The summed E-state index contributed by atoms with van der Waals surface area (Å²) in [6.07, 6.45) is 0. The second-order valence-corrected chi connectivity index (χ2v) is 6.18. The molecule has 118 valence electrons. The van der Waals surface area contributed by atoms with Gasteiger partial charge in [0, 0.05) is 12.6 Å². The summed E-state index contributed by atoms with van der Waals surface area (Å²) in [6, 6.07) is 3.68. The lowest BCUT2D eigenvalue weighted by atomic mass is 10.1. The molecule has 1 aromatic rings. The van der Waals surface area contributed by atoms with Gasteiger partial charge in [0.05, 0.1) is 19.6 Å². The molecule has 0 radical (unpaired) electrons. The van der Waals surface area contributed by atoms with E-state index in [1.54, 1.807) is 16.8 Å². The molecule has 0 fully saturated rings. The van der Waals surface area contributed by atoms with Crippen LogP contribution in [0.2, 0.25) is 0 Å². The number of amides is 1. The molecule has 0 saturated carbocycles. The summed E-state index contributed by atoms with van der Waals surface area (Å²) in [5.74, 6) is 0.430. The van der Waals surface area contributed by atoms with Crippen LogP contribution in [-0.2, 0) is 16.1 Å². The Hall–Kier alpha value is -1.82. The zero-order valence-electron chi connectivity index (χ0n) is 13.3. The SMILES string of the molecule is Cc1ccc(CN(C)C(=O)CN(CC(=O)O)C(C)(C)C)o1. The van der Waals surface area contributed by atoms with E-state index in [4.69, 9.17) is 9.52 Å². The molecule has 1 aromatic heterocycles. The maximum absolute atomic E-state index is 12.2. The first-order valence-corrected chi connectivity index (χ1v) is 6.85. The number of aryl methyl sites for hydroxylation is 1. The number of hydrogen-bond donors (Lipinski definition) is 1. The molecule has 0 aliphatic rings. The van der Waals surface area contributed by atoms with Crippen LogP contribution in [0, 0.1) is 6.92 Å². The van der Waals surface area contributed by atoms with Crippen LogP contribution in [0.1, 0.15) is 32.3 Å². The van der Waals surface area contributed by atoms with Crippen molar-refractivity contribution in [2.75, 3.05) is 20.1 Å². The van der Waals surface area contributed by atoms with E-state index in [0.717, 1.165) is 5.76 Å². The third-order valence-corrected chi connectivity index (χ3v) is 3.22. The molecule has 21 heavy (non-hydrogen) atoms. The van der Waals surface area contributed by atoms with E-state index in [9.17, 15) is 9.59 Å². The Labute approximate surface area is 125 Å². The summed E-state index contributed by atoms with van der Waals surface area (Å²) in [4.78, 5) is 26.3. The van der Waals surface area contributed by atoms with Crippen molar-refractivity contribution in [2.24, 2.45) is 0 Å². The van der Waals surface area contributed by atoms with Gasteiger partial charge in [0.15, 0.2) is 0 Å². The molecule has 1 N–H and O–H groups in total. The van der Waals surface area contributed by atoms with Crippen LogP contribution < -0.4 is 0 Å². The molecule has 0 saturated heterocycles. The highest BCUT2D eigenvalue weighted by molar-refractivity contribution is 5.79. The molecule has 6 nitrogen and oxygen atoms in total. The maximum atomic E-state index is 12.2. The molecular formula is C15H24N2O4. The van der Waals surface area contributed by atoms with Crippen LogP contribution in [-0.4, -0.2) is 52.5 Å². The lowest BCUT2D eigenvalue weighted by molar-refractivity contribution is -0.141. The van der Waals surface area contributed by atoms with Crippen molar-refractivity contribution in [2.45, 2.75) is 39.8 Å². The van der Waals surface area contributed by atoms with Crippen LogP contribution in [0.4, 0.5) is 0 Å². The summed E-state index contributed by atoms with van der Waals surface area (Å²) in [5, 5.41) is 8.96. The van der Waals surface area contributed by atoms with Gasteiger partial charge in [0.2, 0.25) is 5.91 Å². The number of carboxylic acids is 1. The molecule has 0 spiro atoms. The highest BCUT2D eigenvalue weighted by Crippen LogP contribution is 2.14. The lowest BCUT2D eigenvalue weighted by Gasteiger charge is -2.34. The first kappa shape index (κ1) is 17.2. The van der Waals surface area contributed by atoms with E-state index < -0.39 is 11.5 Å². The molecule has 1 amide bonds. The molecule has 0 aromatic carbocycles. The maximum Gasteiger partial charge on any atom is 0.317 e. The fourth-order valence-corrected chi connectivity index (χ4v) is 1.87. The first-order valence-electron chi connectivity index (χ1n) is 6.85. The number of likely N-dealkylation sites (N-methyl/N-ethyl adjacent to an activating group) is 1. The third kappa shape index (κ3) is 5.59. The van der Waals surface area contributed by atoms with Gasteiger partial charge in [-0.2, -0.15) is 0 Å². The van der Waals surface area contributed by atoms with E-state index in [0.29, 0.717) is 12.3 Å². The average molecular weight is 296 g/mol. The molecule has 0 unspecified atom stereocenters. The topological polar surface area (TPSA) is 74.0 Å². The molecule has 1 rings (SSSR count). The van der Waals surface area contributed by atoms with Crippen molar-refractivity contribution in [3.8, 4) is 0 Å². The Balaban J connectivity index is 2.65. The van der Waals surface area contributed by atoms with E-state index in [2.05, 4.69) is 0 Å². The van der Waals surface area contributed by atoms with Gasteiger partial charge in [-0.3, -0.25) is 14.5 Å². The Bertz CT molecular complexity index is 502. The summed E-state index contributed by atoms with van der Waals surface area (Å²) in [7, 11) is 1.68. The smallest absolute Gasteiger partial charge is 0.317 e. The minimum atomic E-state index is -0.943. The van der Waals surface area contributed by atoms with Crippen molar-refractivity contribution in [1.82, 2.24) is 9.80 Å². The minimum Gasteiger partial charge on any atom is -0.480 e. The largest absolute Gasteiger partial charge is 0.480 e. The highest BCUT2D eigenvalue weighted by atomic mass is 16.4. The quantitative estimate of drug-likeness (QED) is 0.865. The minimum absolute atomic E-state index is 0.0615. The summed E-state index contributed by atoms with van der Waals surface area (Å²) < 4.78 is 5.44. The van der Waals surface area contributed by atoms with Crippen LogP contribution in [0.3, 0.4) is 0 Å². The lowest BCUT2D eigenvalue weighted by Crippen LogP contribution is -2.49. The van der Waals surface area contributed by atoms with Gasteiger partial charge in [-0.15, -0.1) is 0 Å². The van der Waals surface area contributed by atoms with Crippen LogP contribution >= 0.6 is 0 Å². The van der Waals surface area contributed by atoms with Crippen molar-refractivity contribution in [3.63, 3.8) is 0 Å². The molecular weight excluding hydrogens is 272 g/mol. The van der Waals surface area contributed by atoms with E-state index >= 15 is 0 Å². The number of aliphatic carboxylic acids is 1. The van der Waals surface area contributed by atoms with Gasteiger partial charge in [0.25, 0.3) is 0 Å². The van der Waals surface area contributed by atoms with Crippen molar-refractivity contribution < 1.29 is 19.1 Å². The number of furan rings is 1. The fourth-order valence-electron chi connectivity index (χ4n) is 1.87. The van der Waals surface area contributed by atoms with E-state index in [1.807, 2.05) is 39.8 Å². The summed E-state index contributed by atoms with van der Waals surface area (Å²) >= 11 is 0. The Morgan fingerprint density at radius 3 is 2.29 bits per heavy atom. The van der Waals surface area contributed by atoms with Crippen molar-refractivity contribution in [3.05, 3.63) is 23.7 Å². The predicted molar refractivity (Wildman–Crippen MR) is 78.9 cm³/mol. The zero-order valence-corrected chi connectivity index (χ0v) is 13.3. The number of nitrogens with zero attached hydrogens (tertiary/aromatic N) is 2. The Kier molecular flexibility index (Phi) is 5.54. The zero-order chi connectivity index (χ0) is 16.2. The van der Waals surface area contributed by atoms with Gasteiger partial charge >= 0.3 is 5.97 Å². The average Bonchev–Trinajstić information content (AvgIpc) is 2.72. The second-order valence-electron chi connectivity index (χ2n) is 6.18. The highest BCUT2D eigenvalue weighted by Gasteiger charge is 2.27. The second kappa shape index (κ2) is 6.76. The monoisotopic (exact) mass is 296 g/mol. The van der Waals surface area contributed by atoms with Gasteiger partial charge in [-0.05, 0) is 39.8 Å². The molecule has 1 heterocycles. The van der Waals surface area contributed by atoms with Gasteiger partial charge < -0.3 is 14.4 Å². The van der Waals surface area contributed by atoms with E-state index in [1.165, 1.54) is 0 Å². The molecule has 0 atom stereocenters. The molecule has 0 bridgehead atoms. The van der Waals surface area contributed by atoms with Gasteiger partial charge in [-0.25, -0.2) is 0 Å². The number of carboxylic acid groups (broad SMARTS) is 1. The summed E-state index contributed by atoms with van der Waals surface area (Å²) in [5.41, 5.74) is -0.393. The first-order chi connectivity index (χ1) is 9.59. The standard InChI is InChI=1S/C15H24N2O4/c1-11-6-7-12(21-11)8-16(5)13(18)9-17(10-14(19)20)15(2,3)4/h6-7H,8-10H2,1-5H3,(H,19,20). The van der Waals surface area contributed by atoms with Crippen LogP contribution in [0.5, 0.6) is 0 Å². The predicted octanol–water partition coefficient (Wildman–Crippen LogP) is 1.73. The normalized spacial score (nSPS) is 11.7. The summed E-state index contributed by atoms with van der Waals surface area (Å²) in [6.45, 7) is 7.78. The van der Waals surface area contributed by atoms with Crippen LogP contribution in [0.15, 0.2) is 16.5 Å². The van der Waals surface area contributed by atoms with Gasteiger partial charge in [-0.1, -0.05) is 0 Å². The van der Waals surface area contributed by atoms with Gasteiger partial charge in [0.1, 0.15) is 11.5 Å². The fraction of sp³-hybridized carbons (Fsp3) is 0.600. The molecule has 6 heteroatoms. The number of carbonyl (C=O) groups excluding carboxylic acids is 1. The number of rotatable bonds is 6. The van der Waals surface area contributed by atoms with Crippen LogP contribution in [0.25, 0.3) is 0 Å². The number of carbonyl (C=O) groups is 2. The van der Waals surface area contributed by atoms with Crippen molar-refractivity contribution >= 4 is 11.9 Å². The van der Waals surface area contributed by atoms with E-state index in [-0.39, 0.29) is 19.0 Å². The van der Waals surface area contributed by atoms with Crippen molar-refractivity contribution in [1.29, 1.82) is 0 Å². The Morgan fingerprint density at radius 1 is 1.24 bits per heavy atom. The number of hydrogen-bond acceptors (Lipinski definition) is 4.